The molecule has 0 aliphatic carbocycles. The maximum absolute atomic E-state index is 12.3. The van der Waals surface area contributed by atoms with Gasteiger partial charge in [0.1, 0.15) is 5.25 Å². The van der Waals surface area contributed by atoms with E-state index in [-0.39, 0.29) is 11.7 Å². The normalized spacial score (nSPS) is 28.3. The fourth-order valence-corrected chi connectivity index (χ4v) is 4.68. The van der Waals surface area contributed by atoms with Gasteiger partial charge in [-0.3, -0.25) is 9.69 Å². The van der Waals surface area contributed by atoms with Crippen molar-refractivity contribution in [2.45, 2.75) is 24.5 Å². The molecule has 2 aliphatic heterocycles. The van der Waals surface area contributed by atoms with Gasteiger partial charge in [-0.2, -0.15) is 0 Å². The van der Waals surface area contributed by atoms with Crippen LogP contribution in [0.4, 0.5) is 0 Å². The molecule has 0 aromatic heterocycles. The van der Waals surface area contributed by atoms with Crippen molar-refractivity contribution in [2.75, 3.05) is 45.0 Å². The number of piperazine rings is 1. The summed E-state index contributed by atoms with van der Waals surface area (Å²) in [6.45, 7) is 4.26. The average Bonchev–Trinajstić information content (AvgIpc) is 2.39. The van der Waals surface area contributed by atoms with E-state index < -0.39 is 15.1 Å². The standard InChI is InChI=1S/C12H23N3O3S/c13-4-5-14-6-8-15(9-7-14)12(16)11-3-1-2-10-19(11,17)18/h11H,1-10,13H2. The number of nitrogens with zero attached hydrogens (tertiary/aromatic N) is 2. The molecule has 6 nitrogen and oxygen atoms in total. The van der Waals surface area contributed by atoms with Crippen LogP contribution < -0.4 is 5.73 Å². The van der Waals surface area contributed by atoms with E-state index in [9.17, 15) is 13.2 Å². The second-order valence-corrected chi connectivity index (χ2v) is 7.61. The highest BCUT2D eigenvalue weighted by molar-refractivity contribution is 7.92. The van der Waals surface area contributed by atoms with Crippen LogP contribution >= 0.6 is 0 Å². The SMILES string of the molecule is NCCN1CCN(C(=O)C2CCCCS2(=O)=O)CC1. The Morgan fingerprint density at radius 1 is 1.16 bits per heavy atom. The predicted octanol–water partition coefficient (Wildman–Crippen LogP) is -0.943. The van der Waals surface area contributed by atoms with Crippen molar-refractivity contribution in [3.05, 3.63) is 0 Å². The molecule has 110 valence electrons. The van der Waals surface area contributed by atoms with Crippen LogP contribution in [-0.4, -0.2) is 74.4 Å². The molecule has 7 heteroatoms. The Labute approximate surface area is 114 Å². The highest BCUT2D eigenvalue weighted by atomic mass is 32.2. The van der Waals surface area contributed by atoms with Crippen molar-refractivity contribution in [3.8, 4) is 0 Å². The van der Waals surface area contributed by atoms with Crippen molar-refractivity contribution in [3.63, 3.8) is 0 Å². The average molecular weight is 289 g/mol. The van der Waals surface area contributed by atoms with Crippen LogP contribution in [0, 0.1) is 0 Å². The molecule has 0 saturated carbocycles. The molecule has 0 radical (unpaired) electrons. The van der Waals surface area contributed by atoms with Gasteiger partial charge in [-0.25, -0.2) is 8.42 Å². The molecule has 2 rings (SSSR count). The van der Waals surface area contributed by atoms with Gasteiger partial charge in [-0.1, -0.05) is 6.42 Å². The summed E-state index contributed by atoms with van der Waals surface area (Å²) in [6.07, 6.45) is 2.02. The smallest absolute Gasteiger partial charge is 0.240 e. The number of rotatable bonds is 3. The molecule has 2 fully saturated rings. The Bertz CT molecular complexity index is 416. The molecular weight excluding hydrogens is 266 g/mol. The van der Waals surface area contributed by atoms with Crippen molar-refractivity contribution in [1.82, 2.24) is 9.80 Å². The number of hydrogen-bond acceptors (Lipinski definition) is 5. The summed E-state index contributed by atoms with van der Waals surface area (Å²) in [6, 6.07) is 0. The molecule has 2 saturated heterocycles. The Kier molecular flexibility index (Phi) is 4.81. The van der Waals surface area contributed by atoms with E-state index in [0.29, 0.717) is 32.5 Å². The van der Waals surface area contributed by atoms with E-state index in [4.69, 9.17) is 5.73 Å². The zero-order chi connectivity index (χ0) is 13.9. The Hall–Kier alpha value is -0.660. The van der Waals surface area contributed by atoms with Crippen LogP contribution in [0.15, 0.2) is 0 Å². The quantitative estimate of drug-likeness (QED) is 0.725. The summed E-state index contributed by atoms with van der Waals surface area (Å²) < 4.78 is 23.9. The van der Waals surface area contributed by atoms with E-state index in [2.05, 4.69) is 4.90 Å². The van der Waals surface area contributed by atoms with Gasteiger partial charge >= 0.3 is 0 Å². The van der Waals surface area contributed by atoms with Gasteiger partial charge in [-0.15, -0.1) is 0 Å². The monoisotopic (exact) mass is 289 g/mol. The van der Waals surface area contributed by atoms with E-state index in [1.165, 1.54) is 0 Å². The number of carbonyl (C=O) groups is 1. The van der Waals surface area contributed by atoms with Gasteiger partial charge in [0.25, 0.3) is 0 Å². The third-order valence-electron chi connectivity index (χ3n) is 3.98. The first kappa shape index (κ1) is 14.7. The molecule has 0 aromatic rings. The first-order valence-electron chi connectivity index (χ1n) is 6.97. The maximum atomic E-state index is 12.3. The summed E-state index contributed by atoms with van der Waals surface area (Å²) >= 11 is 0. The van der Waals surface area contributed by atoms with Crippen molar-refractivity contribution < 1.29 is 13.2 Å². The number of nitrogens with two attached hydrogens (primary N) is 1. The summed E-state index contributed by atoms with van der Waals surface area (Å²) in [5, 5.41) is -0.790. The third-order valence-corrected chi connectivity index (χ3v) is 6.15. The van der Waals surface area contributed by atoms with Crippen molar-refractivity contribution >= 4 is 15.7 Å². The van der Waals surface area contributed by atoms with Crippen molar-refractivity contribution in [1.29, 1.82) is 0 Å². The molecule has 2 N–H and O–H groups in total. The molecular formula is C12H23N3O3S. The fourth-order valence-electron chi connectivity index (χ4n) is 2.81. The Morgan fingerprint density at radius 3 is 2.42 bits per heavy atom. The number of sulfone groups is 1. The first-order chi connectivity index (χ1) is 9.04. The summed E-state index contributed by atoms with van der Waals surface area (Å²) in [5.41, 5.74) is 5.50. The Balaban J connectivity index is 1.94. The molecule has 1 unspecified atom stereocenters. The minimum absolute atomic E-state index is 0.163. The van der Waals surface area contributed by atoms with Crippen LogP contribution in [0.2, 0.25) is 0 Å². The molecule has 1 amide bonds. The largest absolute Gasteiger partial charge is 0.339 e. The van der Waals surface area contributed by atoms with Gasteiger partial charge < -0.3 is 10.6 Å². The highest BCUT2D eigenvalue weighted by Crippen LogP contribution is 2.22. The second kappa shape index (κ2) is 6.19. The first-order valence-corrected chi connectivity index (χ1v) is 8.69. The lowest BCUT2D eigenvalue weighted by atomic mass is 10.1. The predicted molar refractivity (Wildman–Crippen MR) is 73.5 cm³/mol. The number of carbonyl (C=O) groups excluding carboxylic acids is 1. The number of hydrogen-bond donors (Lipinski definition) is 1. The second-order valence-electron chi connectivity index (χ2n) is 5.31. The van der Waals surface area contributed by atoms with Crippen LogP contribution in [-0.2, 0) is 14.6 Å². The van der Waals surface area contributed by atoms with Crippen LogP contribution in [0.5, 0.6) is 0 Å². The lowest BCUT2D eigenvalue weighted by Crippen LogP contribution is -2.54. The highest BCUT2D eigenvalue weighted by Gasteiger charge is 2.38. The van der Waals surface area contributed by atoms with Gasteiger partial charge in [0.15, 0.2) is 9.84 Å². The lowest BCUT2D eigenvalue weighted by molar-refractivity contribution is -0.132. The minimum Gasteiger partial charge on any atom is -0.339 e. The van der Waals surface area contributed by atoms with Crippen LogP contribution in [0.25, 0.3) is 0 Å². The zero-order valence-electron chi connectivity index (χ0n) is 11.3. The van der Waals surface area contributed by atoms with Gasteiger partial charge in [0.2, 0.25) is 5.91 Å². The topological polar surface area (TPSA) is 83.7 Å². The maximum Gasteiger partial charge on any atom is 0.240 e. The molecule has 0 aromatic carbocycles. The molecule has 0 spiro atoms. The van der Waals surface area contributed by atoms with Crippen molar-refractivity contribution in [2.24, 2.45) is 5.73 Å². The molecule has 19 heavy (non-hydrogen) atoms. The minimum atomic E-state index is -3.22. The summed E-state index contributed by atoms with van der Waals surface area (Å²) in [4.78, 5) is 16.3. The molecule has 0 bridgehead atoms. The van der Waals surface area contributed by atoms with E-state index in [1.54, 1.807) is 4.90 Å². The lowest BCUT2D eigenvalue weighted by Gasteiger charge is -2.36. The van der Waals surface area contributed by atoms with Crippen LogP contribution in [0.1, 0.15) is 19.3 Å². The van der Waals surface area contributed by atoms with Crippen LogP contribution in [0.3, 0.4) is 0 Å². The molecule has 2 heterocycles. The Morgan fingerprint density at radius 2 is 1.84 bits per heavy atom. The van der Waals surface area contributed by atoms with Gasteiger partial charge in [0.05, 0.1) is 5.75 Å². The van der Waals surface area contributed by atoms with E-state index in [0.717, 1.165) is 26.1 Å². The molecule has 2 aliphatic rings. The fraction of sp³-hybridized carbons (Fsp3) is 0.917. The summed E-state index contributed by atoms with van der Waals surface area (Å²) in [7, 11) is -3.22. The van der Waals surface area contributed by atoms with Gasteiger partial charge in [-0.05, 0) is 12.8 Å². The van der Waals surface area contributed by atoms with Gasteiger partial charge in [0, 0.05) is 39.3 Å². The third kappa shape index (κ3) is 3.46. The summed E-state index contributed by atoms with van der Waals surface area (Å²) in [5.74, 6) is -0.0246. The molecule has 1 atom stereocenters. The van der Waals surface area contributed by atoms with E-state index >= 15 is 0 Å². The van der Waals surface area contributed by atoms with E-state index in [1.807, 2.05) is 0 Å². The number of amides is 1. The zero-order valence-corrected chi connectivity index (χ0v) is 12.1.